The number of fused-ring (bicyclic) bond motifs is 3. The van der Waals surface area contributed by atoms with Crippen molar-refractivity contribution in [2.45, 2.75) is 37.8 Å². The van der Waals surface area contributed by atoms with E-state index in [9.17, 15) is 9.59 Å². The molecular weight excluding hydrogens is 438 g/mol. The Hall–Kier alpha value is -2.90. The van der Waals surface area contributed by atoms with Crippen molar-refractivity contribution in [3.8, 4) is 5.69 Å². The van der Waals surface area contributed by atoms with Crippen molar-refractivity contribution in [2.75, 3.05) is 11.1 Å². The number of hydrogen-bond acceptors (Lipinski definition) is 5. The smallest absolute Gasteiger partial charge is 0.267 e. The van der Waals surface area contributed by atoms with Crippen LogP contribution in [0.2, 0.25) is 0 Å². The predicted octanol–water partition coefficient (Wildman–Crippen LogP) is 5.37. The summed E-state index contributed by atoms with van der Waals surface area (Å²) in [6.07, 6.45) is 4.22. The Balaban J connectivity index is 1.55. The van der Waals surface area contributed by atoms with Gasteiger partial charge in [0.15, 0.2) is 5.16 Å². The molecule has 2 aromatic carbocycles. The van der Waals surface area contributed by atoms with E-state index in [0.717, 1.165) is 52.8 Å². The van der Waals surface area contributed by atoms with E-state index in [1.807, 2.05) is 61.5 Å². The standard InChI is InChI=1S/C25H23N3O2S2/c1-16-8-7-11-18(14-16)28-24(30)22-19-12-5-6-13-20(19)32-23(22)27-25(28)31-15-21(29)26-17-9-3-2-4-10-17/h2-4,7-11,14H,5-6,12-13,15H2,1H3,(H,26,29). The Morgan fingerprint density at radius 3 is 2.75 bits per heavy atom. The van der Waals surface area contributed by atoms with Gasteiger partial charge < -0.3 is 5.32 Å². The van der Waals surface area contributed by atoms with Gasteiger partial charge in [-0.1, -0.05) is 42.1 Å². The van der Waals surface area contributed by atoms with Gasteiger partial charge in [-0.25, -0.2) is 4.98 Å². The largest absolute Gasteiger partial charge is 0.325 e. The zero-order valence-corrected chi connectivity index (χ0v) is 19.4. The van der Waals surface area contributed by atoms with Crippen LogP contribution in [0, 0.1) is 6.92 Å². The van der Waals surface area contributed by atoms with E-state index in [1.54, 1.807) is 15.9 Å². The maximum atomic E-state index is 13.7. The first-order valence-corrected chi connectivity index (χ1v) is 12.5. The van der Waals surface area contributed by atoms with E-state index < -0.39 is 0 Å². The molecule has 0 bridgehead atoms. The van der Waals surface area contributed by atoms with Crippen LogP contribution in [0.4, 0.5) is 5.69 Å². The molecule has 162 valence electrons. The SMILES string of the molecule is Cc1cccc(-n2c(SCC(=O)Nc3ccccc3)nc3sc4c(c3c2=O)CCCC4)c1. The lowest BCUT2D eigenvalue weighted by Crippen LogP contribution is -2.23. The number of anilines is 1. The lowest BCUT2D eigenvalue weighted by atomic mass is 9.97. The van der Waals surface area contributed by atoms with Gasteiger partial charge in [0.1, 0.15) is 4.83 Å². The zero-order valence-electron chi connectivity index (χ0n) is 17.8. The van der Waals surface area contributed by atoms with Crippen molar-refractivity contribution >= 4 is 44.9 Å². The van der Waals surface area contributed by atoms with Crippen molar-refractivity contribution in [1.29, 1.82) is 0 Å². The highest BCUT2D eigenvalue weighted by molar-refractivity contribution is 7.99. The van der Waals surface area contributed by atoms with Crippen molar-refractivity contribution in [1.82, 2.24) is 9.55 Å². The van der Waals surface area contributed by atoms with E-state index in [1.165, 1.54) is 22.2 Å². The number of aromatic nitrogens is 2. The average Bonchev–Trinajstić information content (AvgIpc) is 3.17. The number of benzene rings is 2. The summed E-state index contributed by atoms with van der Waals surface area (Å²) in [7, 11) is 0. The molecule has 1 N–H and O–H groups in total. The van der Waals surface area contributed by atoms with E-state index in [2.05, 4.69) is 5.32 Å². The van der Waals surface area contributed by atoms with E-state index in [-0.39, 0.29) is 17.2 Å². The molecule has 7 heteroatoms. The summed E-state index contributed by atoms with van der Waals surface area (Å²) < 4.78 is 1.68. The molecule has 0 radical (unpaired) electrons. The number of carbonyl (C=O) groups excluding carboxylic acids is 1. The third kappa shape index (κ3) is 4.10. The molecule has 5 rings (SSSR count). The summed E-state index contributed by atoms with van der Waals surface area (Å²) in [5.74, 6) is 0.0424. The summed E-state index contributed by atoms with van der Waals surface area (Å²) in [6.45, 7) is 2.01. The lowest BCUT2D eigenvalue weighted by molar-refractivity contribution is -0.113. The quantitative estimate of drug-likeness (QED) is 0.321. The van der Waals surface area contributed by atoms with Crippen molar-refractivity contribution < 1.29 is 4.79 Å². The fourth-order valence-corrected chi connectivity index (χ4v) is 6.24. The van der Waals surface area contributed by atoms with Gasteiger partial charge in [0.05, 0.1) is 16.8 Å². The number of nitrogens with zero attached hydrogens (tertiary/aromatic N) is 2. The van der Waals surface area contributed by atoms with Crippen LogP contribution < -0.4 is 10.9 Å². The summed E-state index contributed by atoms with van der Waals surface area (Å²) in [6, 6.07) is 17.2. The average molecular weight is 462 g/mol. The van der Waals surface area contributed by atoms with Gasteiger partial charge in [-0.15, -0.1) is 11.3 Å². The van der Waals surface area contributed by atoms with Crippen LogP contribution in [0.25, 0.3) is 15.9 Å². The fourth-order valence-electron chi connectivity index (χ4n) is 4.13. The number of para-hydroxylation sites is 1. The van der Waals surface area contributed by atoms with Gasteiger partial charge in [0.2, 0.25) is 5.91 Å². The first-order valence-electron chi connectivity index (χ1n) is 10.7. The number of nitrogens with one attached hydrogen (secondary N) is 1. The molecule has 0 saturated carbocycles. The first-order chi connectivity index (χ1) is 15.6. The van der Waals surface area contributed by atoms with E-state index >= 15 is 0 Å². The number of thioether (sulfide) groups is 1. The van der Waals surface area contributed by atoms with Gasteiger partial charge in [-0.05, 0) is 68.0 Å². The Morgan fingerprint density at radius 2 is 1.94 bits per heavy atom. The highest BCUT2D eigenvalue weighted by Crippen LogP contribution is 2.35. The summed E-state index contributed by atoms with van der Waals surface area (Å²) in [5.41, 5.74) is 3.74. The summed E-state index contributed by atoms with van der Waals surface area (Å²) in [5, 5.41) is 4.20. The third-order valence-electron chi connectivity index (χ3n) is 5.61. The van der Waals surface area contributed by atoms with Gasteiger partial charge in [-0.3, -0.25) is 14.2 Å². The molecule has 4 aromatic rings. The number of thiophene rings is 1. The van der Waals surface area contributed by atoms with Crippen LogP contribution in [0.5, 0.6) is 0 Å². The molecule has 1 amide bonds. The highest BCUT2D eigenvalue weighted by atomic mass is 32.2. The fraction of sp³-hybridized carbons (Fsp3) is 0.240. The van der Waals surface area contributed by atoms with Crippen molar-refractivity contribution in [3.63, 3.8) is 0 Å². The van der Waals surface area contributed by atoms with Gasteiger partial charge in [-0.2, -0.15) is 0 Å². The molecule has 0 saturated heterocycles. The molecule has 2 heterocycles. The minimum absolute atomic E-state index is 0.0361. The maximum absolute atomic E-state index is 13.7. The Morgan fingerprint density at radius 1 is 1.12 bits per heavy atom. The molecule has 0 spiro atoms. The molecule has 32 heavy (non-hydrogen) atoms. The molecule has 2 aromatic heterocycles. The second kappa shape index (κ2) is 8.92. The number of amides is 1. The number of rotatable bonds is 5. The molecule has 1 aliphatic rings. The zero-order chi connectivity index (χ0) is 22.1. The van der Waals surface area contributed by atoms with Crippen LogP contribution in [0.3, 0.4) is 0 Å². The van der Waals surface area contributed by atoms with E-state index in [4.69, 9.17) is 4.98 Å². The van der Waals surface area contributed by atoms with Gasteiger partial charge in [0.25, 0.3) is 5.56 Å². The monoisotopic (exact) mass is 461 g/mol. The molecular formula is C25H23N3O2S2. The second-order valence-electron chi connectivity index (χ2n) is 7.97. The minimum atomic E-state index is -0.128. The lowest BCUT2D eigenvalue weighted by Gasteiger charge is -2.14. The van der Waals surface area contributed by atoms with Crippen LogP contribution in [-0.2, 0) is 17.6 Å². The molecule has 1 aliphatic carbocycles. The molecule has 0 unspecified atom stereocenters. The highest BCUT2D eigenvalue weighted by Gasteiger charge is 2.23. The Labute approximate surface area is 194 Å². The van der Waals surface area contributed by atoms with Crippen LogP contribution >= 0.6 is 23.1 Å². The van der Waals surface area contributed by atoms with Crippen molar-refractivity contribution in [3.05, 3.63) is 81.0 Å². The number of carbonyl (C=O) groups is 1. The van der Waals surface area contributed by atoms with Gasteiger partial charge >= 0.3 is 0 Å². The third-order valence-corrected chi connectivity index (χ3v) is 7.73. The minimum Gasteiger partial charge on any atom is -0.325 e. The van der Waals surface area contributed by atoms with E-state index in [0.29, 0.717) is 5.16 Å². The van der Waals surface area contributed by atoms with Crippen LogP contribution in [-0.4, -0.2) is 21.2 Å². The number of hydrogen-bond donors (Lipinski definition) is 1. The molecule has 0 atom stereocenters. The predicted molar refractivity (Wildman–Crippen MR) is 132 cm³/mol. The second-order valence-corrected chi connectivity index (χ2v) is 9.99. The summed E-state index contributed by atoms with van der Waals surface area (Å²) in [4.78, 5) is 33.3. The topological polar surface area (TPSA) is 64.0 Å². The van der Waals surface area contributed by atoms with Crippen LogP contribution in [0.15, 0.2) is 64.5 Å². The van der Waals surface area contributed by atoms with Gasteiger partial charge in [0, 0.05) is 10.6 Å². The Bertz CT molecular complexity index is 1360. The maximum Gasteiger partial charge on any atom is 0.267 e. The molecule has 0 aliphatic heterocycles. The Kier molecular flexibility index (Phi) is 5.85. The van der Waals surface area contributed by atoms with Crippen LogP contribution in [0.1, 0.15) is 28.8 Å². The molecule has 0 fully saturated rings. The number of aryl methyl sites for hydroxylation is 3. The molecule has 5 nitrogen and oxygen atoms in total. The van der Waals surface area contributed by atoms with Crippen molar-refractivity contribution in [2.24, 2.45) is 0 Å². The normalized spacial score (nSPS) is 13.2. The first kappa shape index (κ1) is 21.0. The summed E-state index contributed by atoms with van der Waals surface area (Å²) >= 11 is 2.93.